The molecule has 0 unspecified atom stereocenters. The Labute approximate surface area is 141 Å². The van der Waals surface area contributed by atoms with Gasteiger partial charge in [-0.3, -0.25) is 0 Å². The Kier molecular flexibility index (Phi) is 10.7. The Balaban J connectivity index is 0.00000232. The van der Waals surface area contributed by atoms with Gasteiger partial charge in [-0.2, -0.15) is 0 Å². The molecule has 0 aromatic heterocycles. The summed E-state index contributed by atoms with van der Waals surface area (Å²) in [4.78, 5) is 12.4. The summed E-state index contributed by atoms with van der Waals surface area (Å²) in [6.07, 6.45) is 2.70. The first-order chi connectivity index (χ1) is 11.0. The average molecular weight is 318 g/mol. The normalized spacial score (nSPS) is 14.8. The molecule has 23 heavy (non-hydrogen) atoms. The zero-order chi connectivity index (χ0) is 17.8. The van der Waals surface area contributed by atoms with Crippen LogP contribution in [0.15, 0.2) is 54.6 Å². The minimum Gasteiger partial charge on any atom is -0.455 e. The van der Waals surface area contributed by atoms with Crippen LogP contribution in [-0.4, -0.2) is 19.2 Å². The topological polar surface area (TPSA) is 35.5 Å². The summed E-state index contributed by atoms with van der Waals surface area (Å²) in [5.41, 5.74) is 1.78. The van der Waals surface area contributed by atoms with Crippen molar-refractivity contribution in [1.29, 1.82) is 0 Å². The van der Waals surface area contributed by atoms with E-state index in [2.05, 4.69) is 6.58 Å². The van der Waals surface area contributed by atoms with Crippen molar-refractivity contribution in [3.05, 3.63) is 60.2 Å². The van der Waals surface area contributed by atoms with Gasteiger partial charge in [-0.1, -0.05) is 63.3 Å². The molecule has 0 fully saturated rings. The van der Waals surface area contributed by atoms with E-state index in [1.165, 1.54) is 7.11 Å². The third kappa shape index (κ3) is 6.41. The van der Waals surface area contributed by atoms with Gasteiger partial charge >= 0.3 is 5.97 Å². The second-order valence-corrected chi connectivity index (χ2v) is 5.01. The number of carbonyl (C=O) groups excluding carboxylic acids is 1. The number of rotatable bonds is 7. The summed E-state index contributed by atoms with van der Waals surface area (Å²) < 4.78 is 11.0. The zero-order valence-corrected chi connectivity index (χ0v) is 15.2. The van der Waals surface area contributed by atoms with Crippen LogP contribution < -0.4 is 0 Å². The van der Waals surface area contributed by atoms with Crippen molar-refractivity contribution in [3.63, 3.8) is 0 Å². The molecule has 0 aliphatic rings. The summed E-state index contributed by atoms with van der Waals surface area (Å²) in [5.74, 6) is -0.345. The number of allylic oxidation sites excluding steroid dienone is 1. The molecule has 0 saturated carbocycles. The summed E-state index contributed by atoms with van der Waals surface area (Å²) in [6.45, 7) is 13.6. The van der Waals surface area contributed by atoms with E-state index in [0.29, 0.717) is 0 Å². The van der Waals surface area contributed by atoms with Crippen LogP contribution in [0.2, 0.25) is 0 Å². The van der Waals surface area contributed by atoms with Gasteiger partial charge in [0.2, 0.25) is 0 Å². The molecule has 0 aliphatic carbocycles. The quantitative estimate of drug-likeness (QED) is 0.518. The highest BCUT2D eigenvalue weighted by molar-refractivity contribution is 5.77. The van der Waals surface area contributed by atoms with Gasteiger partial charge in [0, 0.05) is 13.0 Å². The number of benzene rings is 1. The molecule has 128 valence electrons. The number of hydrogen-bond acceptors (Lipinski definition) is 3. The van der Waals surface area contributed by atoms with Crippen LogP contribution in [0.25, 0.3) is 0 Å². The van der Waals surface area contributed by atoms with Crippen molar-refractivity contribution < 1.29 is 14.3 Å². The lowest BCUT2D eigenvalue weighted by molar-refractivity contribution is -0.161. The van der Waals surface area contributed by atoms with E-state index < -0.39 is 6.10 Å². The molecule has 0 bridgehead atoms. The largest absolute Gasteiger partial charge is 0.455 e. The fraction of sp³-hybridized carbons (Fsp3) is 0.450. The summed E-state index contributed by atoms with van der Waals surface area (Å²) >= 11 is 0. The van der Waals surface area contributed by atoms with Gasteiger partial charge in [-0.15, -0.1) is 6.58 Å². The lowest BCUT2D eigenvalue weighted by Crippen LogP contribution is -2.29. The monoisotopic (exact) mass is 318 g/mol. The molecule has 3 atom stereocenters. The van der Waals surface area contributed by atoms with Gasteiger partial charge in [-0.25, -0.2) is 4.79 Å². The number of methoxy groups -OCH3 is 1. The van der Waals surface area contributed by atoms with Crippen LogP contribution in [0.1, 0.15) is 46.3 Å². The Morgan fingerprint density at radius 2 is 1.78 bits per heavy atom. The number of esters is 1. The highest BCUT2D eigenvalue weighted by atomic mass is 16.6. The lowest BCUT2D eigenvalue weighted by Gasteiger charge is -2.25. The third-order valence-electron chi connectivity index (χ3n) is 3.55. The molecular weight excluding hydrogens is 288 g/mol. The SMILES string of the molecule is C=C[C@@H](C)[C@@H](OC(=O)[C@H](OC)c1ccccc1)/C(C)=C/C.CC. The number of carbonyl (C=O) groups is 1. The highest BCUT2D eigenvalue weighted by Gasteiger charge is 2.27. The second-order valence-electron chi connectivity index (χ2n) is 5.01. The second kappa shape index (κ2) is 11.7. The fourth-order valence-electron chi connectivity index (χ4n) is 2.09. The van der Waals surface area contributed by atoms with Gasteiger partial charge in [0.15, 0.2) is 6.10 Å². The van der Waals surface area contributed by atoms with Crippen molar-refractivity contribution in [2.75, 3.05) is 7.11 Å². The van der Waals surface area contributed by atoms with E-state index in [9.17, 15) is 4.79 Å². The Morgan fingerprint density at radius 3 is 2.22 bits per heavy atom. The van der Waals surface area contributed by atoms with Gasteiger partial charge < -0.3 is 9.47 Å². The lowest BCUT2D eigenvalue weighted by atomic mass is 9.98. The van der Waals surface area contributed by atoms with Gasteiger partial charge in [-0.05, 0) is 25.0 Å². The van der Waals surface area contributed by atoms with Crippen LogP contribution in [0.4, 0.5) is 0 Å². The average Bonchev–Trinajstić information content (AvgIpc) is 2.61. The van der Waals surface area contributed by atoms with E-state index in [1.807, 2.05) is 71.0 Å². The maximum atomic E-state index is 12.4. The number of ether oxygens (including phenoxy) is 2. The molecule has 1 rings (SSSR count). The predicted molar refractivity (Wildman–Crippen MR) is 96.2 cm³/mol. The van der Waals surface area contributed by atoms with Crippen LogP contribution in [-0.2, 0) is 14.3 Å². The summed E-state index contributed by atoms with van der Waals surface area (Å²) in [7, 11) is 1.51. The standard InChI is InChI=1S/C18H24O3.C2H6/c1-6-13(3)16(14(4)7-2)21-18(19)17(20-5)15-11-9-8-10-12-15;1-2/h6-13,16-17H,1H2,2-5H3;1-2H3/b14-7+;/t13-,16-,17-;/m1./s1. The van der Waals surface area contributed by atoms with E-state index in [1.54, 1.807) is 6.08 Å². The van der Waals surface area contributed by atoms with Gasteiger partial charge in [0.1, 0.15) is 6.10 Å². The minimum absolute atomic E-state index is 0.0402. The predicted octanol–water partition coefficient (Wildman–Crippen LogP) is 5.10. The Hall–Kier alpha value is -1.87. The minimum atomic E-state index is -0.713. The smallest absolute Gasteiger partial charge is 0.340 e. The third-order valence-corrected chi connectivity index (χ3v) is 3.55. The Morgan fingerprint density at radius 1 is 1.22 bits per heavy atom. The maximum absolute atomic E-state index is 12.4. The van der Waals surface area contributed by atoms with E-state index in [4.69, 9.17) is 9.47 Å². The van der Waals surface area contributed by atoms with E-state index in [0.717, 1.165) is 11.1 Å². The molecule has 1 aromatic carbocycles. The first-order valence-electron chi connectivity index (χ1n) is 8.08. The van der Waals surface area contributed by atoms with E-state index >= 15 is 0 Å². The van der Waals surface area contributed by atoms with Crippen molar-refractivity contribution in [2.45, 2.75) is 46.8 Å². The van der Waals surface area contributed by atoms with Crippen LogP contribution >= 0.6 is 0 Å². The summed E-state index contributed by atoms with van der Waals surface area (Å²) in [5, 5.41) is 0. The van der Waals surface area contributed by atoms with Crippen molar-refractivity contribution in [3.8, 4) is 0 Å². The first-order valence-corrected chi connectivity index (χ1v) is 8.08. The molecule has 3 nitrogen and oxygen atoms in total. The van der Waals surface area contributed by atoms with Crippen molar-refractivity contribution in [2.24, 2.45) is 5.92 Å². The van der Waals surface area contributed by atoms with Crippen LogP contribution in [0.3, 0.4) is 0 Å². The molecule has 0 spiro atoms. The van der Waals surface area contributed by atoms with Gasteiger partial charge in [0.05, 0.1) is 0 Å². The highest BCUT2D eigenvalue weighted by Crippen LogP contribution is 2.23. The molecule has 0 heterocycles. The molecule has 1 aromatic rings. The molecule has 0 aliphatic heterocycles. The van der Waals surface area contributed by atoms with Crippen LogP contribution in [0.5, 0.6) is 0 Å². The molecule has 0 saturated heterocycles. The molecular formula is C20H30O3. The molecule has 0 amide bonds. The van der Waals surface area contributed by atoms with Crippen molar-refractivity contribution >= 4 is 5.97 Å². The first kappa shape index (κ1) is 21.1. The fourth-order valence-corrected chi connectivity index (χ4v) is 2.09. The summed E-state index contributed by atoms with van der Waals surface area (Å²) in [6, 6.07) is 9.34. The molecule has 0 N–H and O–H groups in total. The maximum Gasteiger partial charge on any atom is 0.340 e. The van der Waals surface area contributed by atoms with E-state index in [-0.39, 0.29) is 18.0 Å². The van der Waals surface area contributed by atoms with Crippen LogP contribution in [0, 0.1) is 5.92 Å². The number of hydrogen-bond donors (Lipinski definition) is 0. The molecule has 3 heteroatoms. The zero-order valence-electron chi connectivity index (χ0n) is 15.2. The Bertz CT molecular complexity index is 491. The van der Waals surface area contributed by atoms with Crippen molar-refractivity contribution in [1.82, 2.24) is 0 Å². The van der Waals surface area contributed by atoms with Gasteiger partial charge in [0.25, 0.3) is 0 Å². The molecule has 0 radical (unpaired) electrons.